The summed E-state index contributed by atoms with van der Waals surface area (Å²) in [7, 11) is 0. The quantitative estimate of drug-likeness (QED) is 0.702. The third-order valence-electron chi connectivity index (χ3n) is 6.48. The van der Waals surface area contributed by atoms with Crippen LogP contribution in [0.5, 0.6) is 5.75 Å². The zero-order valence-electron chi connectivity index (χ0n) is 16.2. The summed E-state index contributed by atoms with van der Waals surface area (Å²) in [6.45, 7) is 8.60. The number of allylic oxidation sites excluding steroid dienone is 2. The maximum Gasteiger partial charge on any atom is 0.335 e. The molecule has 1 aliphatic carbocycles. The van der Waals surface area contributed by atoms with Crippen molar-refractivity contribution in [3.05, 3.63) is 41.0 Å². The van der Waals surface area contributed by atoms with E-state index in [1.54, 1.807) is 0 Å². The Hall–Kier alpha value is -2.10. The van der Waals surface area contributed by atoms with E-state index < -0.39 is 5.97 Å². The van der Waals surface area contributed by atoms with Gasteiger partial charge in [-0.25, -0.2) is 4.79 Å². The van der Waals surface area contributed by atoms with Crippen molar-refractivity contribution >= 4 is 11.8 Å². The number of ketones is 1. The summed E-state index contributed by atoms with van der Waals surface area (Å²) in [6.07, 6.45) is 6.08. The van der Waals surface area contributed by atoms with Crippen LogP contribution in [0.2, 0.25) is 0 Å². The van der Waals surface area contributed by atoms with E-state index in [0.29, 0.717) is 30.1 Å². The first-order chi connectivity index (χ1) is 12.1. The smallest absolute Gasteiger partial charge is 0.335 e. The monoisotopic (exact) mass is 358 g/mol. The van der Waals surface area contributed by atoms with Gasteiger partial charge in [-0.15, -0.1) is 0 Å². The molecule has 142 valence electrons. The number of aromatic hydroxyl groups is 1. The molecule has 3 atom stereocenters. The molecule has 0 heterocycles. The van der Waals surface area contributed by atoms with Crippen LogP contribution in [0.15, 0.2) is 29.8 Å². The molecule has 1 fully saturated rings. The lowest BCUT2D eigenvalue weighted by atomic mass is 9.59. The van der Waals surface area contributed by atoms with Crippen molar-refractivity contribution in [2.75, 3.05) is 0 Å². The highest BCUT2D eigenvalue weighted by Gasteiger charge is 2.42. The van der Waals surface area contributed by atoms with Crippen LogP contribution in [0.4, 0.5) is 0 Å². The van der Waals surface area contributed by atoms with Crippen LogP contribution in [0.3, 0.4) is 0 Å². The third kappa shape index (κ3) is 4.35. The first kappa shape index (κ1) is 20.2. The first-order valence-corrected chi connectivity index (χ1v) is 9.38. The number of carboxylic acids is 1. The molecule has 2 rings (SSSR count). The summed E-state index contributed by atoms with van der Waals surface area (Å²) in [5.41, 5.74) is 2.02. The molecule has 2 N–H and O–H groups in total. The van der Waals surface area contributed by atoms with E-state index in [1.807, 2.05) is 6.08 Å². The van der Waals surface area contributed by atoms with Gasteiger partial charge in [0.15, 0.2) is 0 Å². The minimum Gasteiger partial charge on any atom is -0.508 e. The Morgan fingerprint density at radius 1 is 1.35 bits per heavy atom. The Labute approximate surface area is 155 Å². The predicted molar refractivity (Wildman–Crippen MR) is 102 cm³/mol. The molecule has 4 heteroatoms. The molecule has 1 aromatic carbocycles. The number of carbonyl (C=O) groups is 2. The van der Waals surface area contributed by atoms with Gasteiger partial charge < -0.3 is 10.2 Å². The zero-order valence-corrected chi connectivity index (χ0v) is 16.2. The number of hydrogen-bond acceptors (Lipinski definition) is 3. The molecule has 0 aromatic heterocycles. The maximum atomic E-state index is 12.1. The van der Waals surface area contributed by atoms with Gasteiger partial charge in [-0.05, 0) is 67.7 Å². The normalized spacial score (nSPS) is 26.8. The zero-order chi connectivity index (χ0) is 19.5. The van der Waals surface area contributed by atoms with E-state index in [0.717, 1.165) is 19.3 Å². The van der Waals surface area contributed by atoms with Gasteiger partial charge in [-0.1, -0.05) is 32.4 Å². The lowest BCUT2D eigenvalue weighted by molar-refractivity contribution is -0.132. The number of phenolic OH excluding ortho intramolecular Hbond substituents is 1. The maximum absolute atomic E-state index is 12.1. The molecular formula is C22H30O4. The third-order valence-corrected chi connectivity index (χ3v) is 6.48. The molecule has 1 aliphatic rings. The van der Waals surface area contributed by atoms with Crippen molar-refractivity contribution in [2.45, 2.75) is 59.8 Å². The van der Waals surface area contributed by atoms with Gasteiger partial charge in [-0.3, -0.25) is 4.79 Å². The van der Waals surface area contributed by atoms with Crippen molar-refractivity contribution in [3.8, 4) is 5.75 Å². The van der Waals surface area contributed by atoms with Gasteiger partial charge in [0.2, 0.25) is 0 Å². The average molecular weight is 358 g/mol. The molecule has 0 saturated heterocycles. The minimum absolute atomic E-state index is 0.0236. The van der Waals surface area contributed by atoms with Crippen LogP contribution in [0, 0.1) is 17.3 Å². The Morgan fingerprint density at radius 3 is 2.69 bits per heavy atom. The van der Waals surface area contributed by atoms with Crippen molar-refractivity contribution < 1.29 is 19.8 Å². The van der Waals surface area contributed by atoms with Crippen LogP contribution in [-0.2, 0) is 11.2 Å². The summed E-state index contributed by atoms with van der Waals surface area (Å²) in [5, 5.41) is 19.0. The van der Waals surface area contributed by atoms with Crippen molar-refractivity contribution in [3.63, 3.8) is 0 Å². The fourth-order valence-electron chi connectivity index (χ4n) is 3.90. The minimum atomic E-state index is -0.996. The summed E-state index contributed by atoms with van der Waals surface area (Å²) >= 11 is 0. The summed E-state index contributed by atoms with van der Waals surface area (Å²) in [5.74, 6) is 0.119. The highest BCUT2D eigenvalue weighted by molar-refractivity contribution is 5.88. The van der Waals surface area contributed by atoms with Gasteiger partial charge in [0.25, 0.3) is 0 Å². The van der Waals surface area contributed by atoms with E-state index in [2.05, 4.69) is 27.7 Å². The lowest BCUT2D eigenvalue weighted by Gasteiger charge is -2.44. The number of carboxylic acid groups (broad SMARTS) is 1. The summed E-state index contributed by atoms with van der Waals surface area (Å²) in [4.78, 5) is 23.2. The second kappa shape index (κ2) is 8.07. The van der Waals surface area contributed by atoms with Crippen LogP contribution in [0.25, 0.3) is 0 Å². The van der Waals surface area contributed by atoms with Gasteiger partial charge in [0.1, 0.15) is 11.5 Å². The number of rotatable bonds is 6. The standard InChI is InChI=1S/C22H30O4/c1-14(5-7-17-13-18(21(25)26)8-10-20(17)24)11-12-22(4)15(2)6-9-19(23)16(22)3/h5,8,10,13,15-16,24H,6-7,9,11-12H2,1-4H3,(H,25,26)/t15-,16+,22+/m0/s1. The van der Waals surface area contributed by atoms with Crippen molar-refractivity contribution in [1.82, 2.24) is 0 Å². The second-order valence-electron chi connectivity index (χ2n) is 8.04. The van der Waals surface area contributed by atoms with Crippen molar-refractivity contribution in [1.29, 1.82) is 0 Å². The summed E-state index contributed by atoms with van der Waals surface area (Å²) in [6, 6.07) is 4.36. The molecule has 0 spiro atoms. The van der Waals surface area contributed by atoms with Gasteiger partial charge in [0, 0.05) is 12.3 Å². The van der Waals surface area contributed by atoms with Crippen molar-refractivity contribution in [2.24, 2.45) is 17.3 Å². The number of hydrogen-bond donors (Lipinski definition) is 2. The van der Waals surface area contributed by atoms with Gasteiger partial charge >= 0.3 is 5.97 Å². The topological polar surface area (TPSA) is 74.6 Å². The first-order valence-electron chi connectivity index (χ1n) is 9.38. The number of Topliss-reactive ketones (excluding diaryl/α,β-unsaturated/α-hetero) is 1. The largest absolute Gasteiger partial charge is 0.508 e. The summed E-state index contributed by atoms with van der Waals surface area (Å²) < 4.78 is 0. The Kier molecular flexibility index (Phi) is 6.27. The molecule has 0 bridgehead atoms. The SMILES string of the molecule is CC(=CCc1cc(C(=O)O)ccc1O)CC[C@@]1(C)[C@H](C)C(=O)CC[C@@H]1C. The average Bonchev–Trinajstić information content (AvgIpc) is 2.61. The van der Waals surface area contributed by atoms with E-state index in [-0.39, 0.29) is 22.6 Å². The number of carbonyl (C=O) groups excluding carboxylic acids is 1. The molecule has 26 heavy (non-hydrogen) atoms. The number of aromatic carboxylic acids is 1. The number of phenols is 1. The molecule has 0 radical (unpaired) electrons. The van der Waals surface area contributed by atoms with Gasteiger partial charge in [-0.2, -0.15) is 0 Å². The Bertz CT molecular complexity index is 719. The van der Waals surface area contributed by atoms with Crippen LogP contribution < -0.4 is 0 Å². The van der Waals surface area contributed by atoms with Crippen LogP contribution in [-0.4, -0.2) is 22.0 Å². The molecule has 0 unspecified atom stereocenters. The molecule has 0 amide bonds. The molecular weight excluding hydrogens is 328 g/mol. The Morgan fingerprint density at radius 2 is 2.04 bits per heavy atom. The Balaban J connectivity index is 2.04. The fraction of sp³-hybridized carbons (Fsp3) is 0.545. The lowest BCUT2D eigenvalue weighted by Crippen LogP contribution is -2.41. The van der Waals surface area contributed by atoms with E-state index in [1.165, 1.54) is 23.8 Å². The van der Waals surface area contributed by atoms with E-state index in [9.17, 15) is 14.7 Å². The highest BCUT2D eigenvalue weighted by Crippen LogP contribution is 2.47. The highest BCUT2D eigenvalue weighted by atomic mass is 16.4. The predicted octanol–water partition coefficient (Wildman–Crippen LogP) is 5.00. The fourth-order valence-corrected chi connectivity index (χ4v) is 3.90. The molecule has 4 nitrogen and oxygen atoms in total. The second-order valence-corrected chi connectivity index (χ2v) is 8.04. The number of benzene rings is 1. The van der Waals surface area contributed by atoms with Gasteiger partial charge in [0.05, 0.1) is 5.56 Å². The molecule has 0 aliphatic heterocycles. The van der Waals surface area contributed by atoms with Crippen LogP contribution >= 0.6 is 0 Å². The van der Waals surface area contributed by atoms with E-state index in [4.69, 9.17) is 5.11 Å². The van der Waals surface area contributed by atoms with Crippen LogP contribution in [0.1, 0.15) is 69.3 Å². The molecule has 1 saturated carbocycles. The van der Waals surface area contributed by atoms with E-state index >= 15 is 0 Å². The molecule has 1 aromatic rings.